The van der Waals surface area contributed by atoms with Gasteiger partial charge < -0.3 is 25.2 Å². The summed E-state index contributed by atoms with van der Waals surface area (Å²) in [6.07, 6.45) is 0. The molecule has 0 unspecified atom stereocenters. The molecule has 6 nitrogen and oxygen atoms in total. The molecule has 0 spiro atoms. The summed E-state index contributed by atoms with van der Waals surface area (Å²) in [5, 5.41) is 11.5. The zero-order valence-electron chi connectivity index (χ0n) is 12.6. The molecule has 0 fully saturated rings. The predicted octanol–water partition coefficient (Wildman–Crippen LogP) is 1.85. The third-order valence-electron chi connectivity index (χ3n) is 2.58. The van der Waals surface area contributed by atoms with Crippen molar-refractivity contribution in [1.29, 1.82) is 0 Å². The summed E-state index contributed by atoms with van der Waals surface area (Å²) in [6.45, 7) is 7.12. The maximum absolute atomic E-state index is 8.55. The van der Waals surface area contributed by atoms with Crippen molar-refractivity contribution in [3.05, 3.63) is 29.8 Å². The fourth-order valence-corrected chi connectivity index (χ4v) is 1.54. The zero-order chi connectivity index (χ0) is 15.5. The molecule has 0 atom stereocenters. The topological polar surface area (TPSA) is 86.3 Å². The van der Waals surface area contributed by atoms with Crippen LogP contribution in [0.1, 0.15) is 19.4 Å². The normalized spacial score (nSPS) is 11.9. The van der Waals surface area contributed by atoms with Crippen LogP contribution in [0.5, 0.6) is 5.75 Å². The van der Waals surface area contributed by atoms with Gasteiger partial charge in [0.15, 0.2) is 5.84 Å². The molecule has 1 aromatic rings. The fourth-order valence-electron chi connectivity index (χ4n) is 1.54. The first-order valence-corrected chi connectivity index (χ1v) is 6.99. The first-order chi connectivity index (χ1) is 10.1. The van der Waals surface area contributed by atoms with E-state index in [0.717, 1.165) is 6.61 Å². The molecule has 0 aliphatic carbocycles. The van der Waals surface area contributed by atoms with Crippen molar-refractivity contribution < 1.29 is 19.4 Å². The lowest BCUT2D eigenvalue weighted by Crippen LogP contribution is -2.13. The molecule has 21 heavy (non-hydrogen) atoms. The number of oxime groups is 1. The van der Waals surface area contributed by atoms with Gasteiger partial charge in [0.25, 0.3) is 0 Å². The Morgan fingerprint density at radius 3 is 2.33 bits per heavy atom. The highest BCUT2D eigenvalue weighted by atomic mass is 16.5. The van der Waals surface area contributed by atoms with Crippen LogP contribution in [-0.2, 0) is 9.47 Å². The molecule has 0 aliphatic heterocycles. The number of benzene rings is 1. The summed E-state index contributed by atoms with van der Waals surface area (Å²) in [5.41, 5.74) is 6.11. The second-order valence-electron chi connectivity index (χ2n) is 4.94. The van der Waals surface area contributed by atoms with Gasteiger partial charge in [-0.3, -0.25) is 0 Å². The van der Waals surface area contributed by atoms with Crippen LogP contribution in [0.3, 0.4) is 0 Å². The molecule has 1 rings (SSSR count). The first-order valence-electron chi connectivity index (χ1n) is 6.99. The van der Waals surface area contributed by atoms with E-state index < -0.39 is 0 Å². The van der Waals surface area contributed by atoms with Crippen LogP contribution in [0.4, 0.5) is 0 Å². The molecule has 1 aromatic carbocycles. The zero-order valence-corrected chi connectivity index (χ0v) is 12.6. The third kappa shape index (κ3) is 7.53. The van der Waals surface area contributed by atoms with Gasteiger partial charge >= 0.3 is 0 Å². The van der Waals surface area contributed by atoms with E-state index in [9.17, 15) is 0 Å². The number of ether oxygens (including phenoxy) is 3. The Kier molecular flexibility index (Phi) is 8.23. The van der Waals surface area contributed by atoms with E-state index in [4.69, 9.17) is 25.2 Å². The quantitative estimate of drug-likeness (QED) is 0.226. The second-order valence-corrected chi connectivity index (χ2v) is 4.94. The summed E-state index contributed by atoms with van der Waals surface area (Å²) in [4.78, 5) is 0. The van der Waals surface area contributed by atoms with E-state index >= 15 is 0 Å². The van der Waals surface area contributed by atoms with Crippen LogP contribution >= 0.6 is 0 Å². The van der Waals surface area contributed by atoms with Crippen molar-refractivity contribution in [2.24, 2.45) is 16.8 Å². The molecule has 6 heteroatoms. The van der Waals surface area contributed by atoms with Gasteiger partial charge in [-0.05, 0) is 30.2 Å². The Hall–Kier alpha value is -1.79. The fraction of sp³-hybridized carbons (Fsp3) is 0.533. The van der Waals surface area contributed by atoms with Gasteiger partial charge in [0.05, 0.1) is 19.8 Å². The molecule has 0 saturated heterocycles. The monoisotopic (exact) mass is 296 g/mol. The number of hydrogen-bond acceptors (Lipinski definition) is 5. The highest BCUT2D eigenvalue weighted by Crippen LogP contribution is 2.11. The summed E-state index contributed by atoms with van der Waals surface area (Å²) in [6, 6.07) is 6.98. The molecule has 0 radical (unpaired) electrons. The van der Waals surface area contributed by atoms with Gasteiger partial charge in [-0.25, -0.2) is 0 Å². The van der Waals surface area contributed by atoms with Crippen molar-refractivity contribution in [3.8, 4) is 5.75 Å². The van der Waals surface area contributed by atoms with Gasteiger partial charge in [-0.15, -0.1) is 0 Å². The van der Waals surface area contributed by atoms with Crippen LogP contribution in [0.15, 0.2) is 29.4 Å². The molecule has 0 aromatic heterocycles. The highest BCUT2D eigenvalue weighted by Gasteiger charge is 2.00. The van der Waals surface area contributed by atoms with Gasteiger partial charge in [-0.1, -0.05) is 19.0 Å². The molecule has 0 saturated carbocycles. The average molecular weight is 296 g/mol. The minimum Gasteiger partial charge on any atom is -0.491 e. The van der Waals surface area contributed by atoms with E-state index in [-0.39, 0.29) is 5.84 Å². The molecular formula is C15H24N2O4. The largest absolute Gasteiger partial charge is 0.491 e. The van der Waals surface area contributed by atoms with Gasteiger partial charge in [0.1, 0.15) is 12.4 Å². The molecule has 118 valence electrons. The smallest absolute Gasteiger partial charge is 0.170 e. The van der Waals surface area contributed by atoms with E-state index in [1.807, 2.05) is 0 Å². The minimum atomic E-state index is 0.0753. The highest BCUT2D eigenvalue weighted by molar-refractivity contribution is 5.97. The summed E-state index contributed by atoms with van der Waals surface area (Å²) in [5.74, 6) is 1.33. The van der Waals surface area contributed by atoms with Crippen molar-refractivity contribution in [2.75, 3.05) is 33.0 Å². The van der Waals surface area contributed by atoms with Crippen LogP contribution in [0.25, 0.3) is 0 Å². The molecule has 0 heterocycles. The molecule has 0 amide bonds. The number of nitrogens with zero attached hydrogens (tertiary/aromatic N) is 1. The van der Waals surface area contributed by atoms with Crippen molar-refractivity contribution in [1.82, 2.24) is 0 Å². The molecule has 3 N–H and O–H groups in total. The van der Waals surface area contributed by atoms with Crippen molar-refractivity contribution in [2.45, 2.75) is 13.8 Å². The molecule has 0 bridgehead atoms. The lowest BCUT2D eigenvalue weighted by molar-refractivity contribution is 0.0282. The van der Waals surface area contributed by atoms with Crippen LogP contribution in [0, 0.1) is 5.92 Å². The summed E-state index contributed by atoms with van der Waals surface area (Å²) >= 11 is 0. The standard InChI is InChI=1S/C15H24N2O4/c1-12(2)11-20-8-7-19-9-10-21-14-5-3-13(4-6-14)15(16)17-18/h3-6,12,18H,7-11H2,1-2H3,(H2,16,17). The Labute approximate surface area is 125 Å². The van der Waals surface area contributed by atoms with E-state index in [1.54, 1.807) is 24.3 Å². The van der Waals surface area contributed by atoms with E-state index in [0.29, 0.717) is 43.7 Å². The first kappa shape index (κ1) is 17.3. The van der Waals surface area contributed by atoms with Gasteiger partial charge in [-0.2, -0.15) is 0 Å². The van der Waals surface area contributed by atoms with Crippen molar-refractivity contribution in [3.63, 3.8) is 0 Å². The second kappa shape index (κ2) is 10.0. The number of rotatable bonds is 10. The Bertz CT molecular complexity index is 418. The Morgan fingerprint density at radius 1 is 1.10 bits per heavy atom. The van der Waals surface area contributed by atoms with Crippen LogP contribution in [-0.4, -0.2) is 44.1 Å². The summed E-state index contributed by atoms with van der Waals surface area (Å²) in [7, 11) is 0. The van der Waals surface area contributed by atoms with Crippen molar-refractivity contribution >= 4 is 5.84 Å². The number of amidine groups is 1. The summed E-state index contributed by atoms with van der Waals surface area (Å²) < 4.78 is 16.3. The maximum atomic E-state index is 8.55. The van der Waals surface area contributed by atoms with Gasteiger partial charge in [0, 0.05) is 12.2 Å². The van der Waals surface area contributed by atoms with Crippen LogP contribution < -0.4 is 10.5 Å². The Balaban J connectivity index is 2.10. The SMILES string of the molecule is CC(C)COCCOCCOc1ccc(/C(N)=N/O)cc1. The van der Waals surface area contributed by atoms with Crippen LogP contribution in [0.2, 0.25) is 0 Å². The van der Waals surface area contributed by atoms with E-state index in [2.05, 4.69) is 19.0 Å². The number of hydrogen-bond donors (Lipinski definition) is 2. The molecule has 0 aliphatic rings. The Morgan fingerprint density at radius 2 is 1.71 bits per heavy atom. The minimum absolute atomic E-state index is 0.0753. The molecular weight excluding hydrogens is 272 g/mol. The maximum Gasteiger partial charge on any atom is 0.170 e. The number of nitrogens with two attached hydrogens (primary N) is 1. The van der Waals surface area contributed by atoms with E-state index in [1.165, 1.54) is 0 Å². The average Bonchev–Trinajstić information content (AvgIpc) is 2.49. The predicted molar refractivity (Wildman–Crippen MR) is 80.9 cm³/mol. The van der Waals surface area contributed by atoms with Gasteiger partial charge in [0.2, 0.25) is 0 Å². The lowest BCUT2D eigenvalue weighted by Gasteiger charge is -2.09. The lowest BCUT2D eigenvalue weighted by atomic mass is 10.2. The third-order valence-corrected chi connectivity index (χ3v) is 2.58.